The fraction of sp³-hybridized carbons (Fsp3) is 0.500. The van der Waals surface area contributed by atoms with Gasteiger partial charge in [-0.05, 0) is 19.9 Å². The van der Waals surface area contributed by atoms with Crippen LogP contribution in [0.15, 0.2) is 18.5 Å². The lowest BCUT2D eigenvalue weighted by atomic mass is 10.4. The van der Waals surface area contributed by atoms with E-state index < -0.39 is 0 Å². The lowest BCUT2D eigenvalue weighted by Gasteiger charge is -2.18. The van der Waals surface area contributed by atoms with Crippen LogP contribution in [-0.2, 0) is 0 Å². The maximum atomic E-state index is 5.77. The van der Waals surface area contributed by atoms with E-state index in [4.69, 9.17) is 4.74 Å². The van der Waals surface area contributed by atoms with Crippen LogP contribution < -0.4 is 4.74 Å². The van der Waals surface area contributed by atoms with E-state index in [9.17, 15) is 0 Å². The third-order valence-electron chi connectivity index (χ3n) is 2.57. The van der Waals surface area contributed by atoms with Crippen LogP contribution in [-0.4, -0.2) is 36.7 Å². The third kappa shape index (κ3) is 2.70. The maximum absolute atomic E-state index is 5.77. The number of ether oxygens (including phenoxy) is 1. The summed E-state index contributed by atoms with van der Waals surface area (Å²) in [7, 11) is 2.07. The molecule has 0 radical (unpaired) electrons. The molecule has 0 saturated heterocycles. The molecule has 0 saturated carbocycles. The van der Waals surface area contributed by atoms with Gasteiger partial charge in [0.2, 0.25) is 0 Å². The normalized spacial score (nSPS) is 14.9. The van der Waals surface area contributed by atoms with Gasteiger partial charge >= 0.3 is 0 Å². The van der Waals surface area contributed by atoms with Gasteiger partial charge in [-0.3, -0.25) is 0 Å². The molecule has 1 aromatic heterocycles. The van der Waals surface area contributed by atoms with Crippen LogP contribution >= 0.6 is 11.3 Å². The molecule has 88 valence electrons. The molecule has 3 nitrogen and oxygen atoms in total. The lowest BCUT2D eigenvalue weighted by Crippen LogP contribution is -2.26. The molecule has 1 aliphatic rings. The predicted octanol–water partition coefficient (Wildman–Crippen LogP) is 2.42. The topological polar surface area (TPSA) is 15.7 Å². The van der Waals surface area contributed by atoms with E-state index in [1.807, 2.05) is 0 Å². The first-order chi connectivity index (χ1) is 7.65. The summed E-state index contributed by atoms with van der Waals surface area (Å²) < 4.78 is 5.77. The summed E-state index contributed by atoms with van der Waals surface area (Å²) in [5.41, 5.74) is 0. The van der Waals surface area contributed by atoms with E-state index in [0.29, 0.717) is 0 Å². The largest absolute Gasteiger partial charge is 0.491 e. The van der Waals surface area contributed by atoms with Crippen molar-refractivity contribution in [1.29, 1.82) is 0 Å². The van der Waals surface area contributed by atoms with E-state index >= 15 is 0 Å². The van der Waals surface area contributed by atoms with Crippen molar-refractivity contribution in [3.8, 4) is 5.75 Å². The van der Waals surface area contributed by atoms with Gasteiger partial charge in [0.1, 0.15) is 12.4 Å². The highest BCUT2D eigenvalue weighted by molar-refractivity contribution is 7.12. The van der Waals surface area contributed by atoms with E-state index in [1.165, 1.54) is 9.75 Å². The molecule has 0 unspecified atom stereocenters. The number of thiophene rings is 1. The Bertz CT molecular complexity index is 386. The second-order valence-corrected chi connectivity index (χ2v) is 5.60. The molecule has 0 bridgehead atoms. The summed E-state index contributed by atoms with van der Waals surface area (Å²) in [5, 5.41) is 0. The fourth-order valence-corrected chi connectivity index (χ4v) is 2.63. The zero-order valence-electron chi connectivity index (χ0n) is 10.1. The molecule has 0 atom stereocenters. The SMILES string of the molecule is Cc1cc(OCCN2C=CN(C)C2)c(C)s1. The van der Waals surface area contributed by atoms with Crippen molar-refractivity contribution >= 4 is 11.3 Å². The van der Waals surface area contributed by atoms with Crippen LogP contribution in [0.1, 0.15) is 9.75 Å². The predicted molar refractivity (Wildman–Crippen MR) is 67.8 cm³/mol. The van der Waals surface area contributed by atoms with E-state index in [2.05, 4.69) is 49.2 Å². The van der Waals surface area contributed by atoms with Crippen LogP contribution in [0.4, 0.5) is 0 Å². The van der Waals surface area contributed by atoms with Gasteiger partial charge in [-0.15, -0.1) is 11.3 Å². The molecule has 0 spiro atoms. The second kappa shape index (κ2) is 4.78. The van der Waals surface area contributed by atoms with Crippen molar-refractivity contribution in [2.75, 3.05) is 26.9 Å². The minimum absolute atomic E-state index is 0.745. The number of nitrogens with zero attached hydrogens (tertiary/aromatic N) is 2. The average molecular weight is 238 g/mol. The van der Waals surface area contributed by atoms with E-state index in [0.717, 1.165) is 25.6 Å². The van der Waals surface area contributed by atoms with Gasteiger partial charge < -0.3 is 14.5 Å². The Morgan fingerprint density at radius 2 is 2.19 bits per heavy atom. The Balaban J connectivity index is 1.76. The monoisotopic (exact) mass is 238 g/mol. The molecule has 2 heterocycles. The zero-order valence-corrected chi connectivity index (χ0v) is 10.9. The van der Waals surface area contributed by atoms with Crippen molar-refractivity contribution in [2.45, 2.75) is 13.8 Å². The summed E-state index contributed by atoms with van der Waals surface area (Å²) >= 11 is 1.79. The average Bonchev–Trinajstić information content (AvgIpc) is 2.74. The Kier molecular flexibility index (Phi) is 3.39. The minimum Gasteiger partial charge on any atom is -0.491 e. The zero-order chi connectivity index (χ0) is 11.5. The standard InChI is InChI=1S/C12H18N2OS/c1-10-8-12(11(2)16-10)15-7-6-14-5-4-13(3)9-14/h4-5,8H,6-7,9H2,1-3H3. The highest BCUT2D eigenvalue weighted by Crippen LogP contribution is 2.27. The van der Waals surface area contributed by atoms with Gasteiger partial charge in [-0.1, -0.05) is 0 Å². The van der Waals surface area contributed by atoms with Gasteiger partial charge in [0.05, 0.1) is 13.2 Å². The number of aryl methyl sites for hydroxylation is 2. The highest BCUT2D eigenvalue weighted by atomic mass is 32.1. The molecule has 1 aliphatic heterocycles. The van der Waals surface area contributed by atoms with Crippen LogP contribution in [0, 0.1) is 13.8 Å². The van der Waals surface area contributed by atoms with Crippen molar-refractivity contribution in [2.24, 2.45) is 0 Å². The number of hydrogen-bond acceptors (Lipinski definition) is 4. The number of rotatable bonds is 4. The molecule has 0 N–H and O–H groups in total. The van der Waals surface area contributed by atoms with Crippen LogP contribution in [0.25, 0.3) is 0 Å². The summed E-state index contributed by atoms with van der Waals surface area (Å²) in [6.45, 7) is 6.87. The molecular weight excluding hydrogens is 220 g/mol. The first kappa shape index (κ1) is 11.3. The van der Waals surface area contributed by atoms with Gasteiger partial charge in [0.15, 0.2) is 0 Å². The fourth-order valence-electron chi connectivity index (χ4n) is 1.76. The van der Waals surface area contributed by atoms with E-state index in [1.54, 1.807) is 11.3 Å². The Morgan fingerprint density at radius 3 is 2.75 bits per heavy atom. The van der Waals surface area contributed by atoms with Crippen LogP contribution in [0.5, 0.6) is 5.75 Å². The van der Waals surface area contributed by atoms with Gasteiger partial charge in [-0.25, -0.2) is 0 Å². The molecular formula is C12H18N2OS. The first-order valence-corrected chi connectivity index (χ1v) is 6.29. The maximum Gasteiger partial charge on any atom is 0.133 e. The number of hydrogen-bond donors (Lipinski definition) is 0. The Labute approximate surface area is 101 Å². The Morgan fingerprint density at radius 1 is 1.38 bits per heavy atom. The van der Waals surface area contributed by atoms with Gasteiger partial charge in [0, 0.05) is 29.2 Å². The van der Waals surface area contributed by atoms with Crippen molar-refractivity contribution in [3.63, 3.8) is 0 Å². The summed E-state index contributed by atoms with van der Waals surface area (Å²) in [6, 6.07) is 2.12. The molecule has 0 fully saturated rings. The van der Waals surface area contributed by atoms with Gasteiger partial charge in [-0.2, -0.15) is 0 Å². The molecule has 0 amide bonds. The summed E-state index contributed by atoms with van der Waals surface area (Å²) in [5.74, 6) is 1.04. The van der Waals surface area contributed by atoms with E-state index in [-0.39, 0.29) is 0 Å². The molecule has 2 rings (SSSR count). The second-order valence-electron chi connectivity index (χ2n) is 4.13. The minimum atomic E-state index is 0.745. The van der Waals surface area contributed by atoms with Gasteiger partial charge in [0.25, 0.3) is 0 Å². The smallest absolute Gasteiger partial charge is 0.133 e. The molecule has 0 aliphatic carbocycles. The summed E-state index contributed by atoms with van der Waals surface area (Å²) in [6.07, 6.45) is 4.19. The lowest BCUT2D eigenvalue weighted by molar-refractivity contribution is 0.230. The van der Waals surface area contributed by atoms with Crippen LogP contribution in [0.3, 0.4) is 0 Å². The van der Waals surface area contributed by atoms with Crippen molar-refractivity contribution < 1.29 is 4.74 Å². The molecule has 4 heteroatoms. The van der Waals surface area contributed by atoms with Crippen LogP contribution in [0.2, 0.25) is 0 Å². The first-order valence-electron chi connectivity index (χ1n) is 5.47. The molecule has 1 aromatic rings. The summed E-state index contributed by atoms with van der Waals surface area (Å²) in [4.78, 5) is 6.98. The molecule has 0 aromatic carbocycles. The van der Waals surface area contributed by atoms with Crippen molar-refractivity contribution in [1.82, 2.24) is 9.80 Å². The quantitative estimate of drug-likeness (QED) is 0.801. The molecule has 16 heavy (non-hydrogen) atoms. The highest BCUT2D eigenvalue weighted by Gasteiger charge is 2.09. The van der Waals surface area contributed by atoms with Crippen molar-refractivity contribution in [3.05, 3.63) is 28.2 Å². The third-order valence-corrected chi connectivity index (χ3v) is 3.52. The Hall–Kier alpha value is -1.16.